The van der Waals surface area contributed by atoms with Crippen LogP contribution < -0.4 is 16.7 Å². The lowest BCUT2D eigenvalue weighted by atomic mass is 10.2. The van der Waals surface area contributed by atoms with Gasteiger partial charge in [0.15, 0.2) is 11.2 Å². The molecular weight excluding hydrogens is 364 g/mol. The molecule has 2 aromatic heterocycles. The van der Waals surface area contributed by atoms with Gasteiger partial charge in [-0.1, -0.05) is 19.8 Å². The van der Waals surface area contributed by atoms with Crippen LogP contribution >= 0.6 is 0 Å². The second-order valence-electron chi connectivity index (χ2n) is 6.40. The molecule has 0 atom stereocenters. The Morgan fingerprint density at radius 2 is 2.07 bits per heavy atom. The number of rotatable bonds is 7. The fraction of sp³-hybridized carbons (Fsp3) is 0.333. The van der Waals surface area contributed by atoms with Gasteiger partial charge >= 0.3 is 5.69 Å². The third-order valence-electron chi connectivity index (χ3n) is 4.37. The summed E-state index contributed by atoms with van der Waals surface area (Å²) < 4.78 is 2.96. The standard InChI is InChI=1S/C18H22N6O4/c1-3-4-5-8-24-14-15(23(2)18(28)21-16(14)27)20-17(24)22-19-10-11-6-7-12(25)9-13(11)26/h6-7,9-10,25-26H,3-5,8H2,1-2H3,(H,20,22)(H,21,27,28)/b19-10-. The summed E-state index contributed by atoms with van der Waals surface area (Å²) in [4.78, 5) is 30.8. The number of aromatic amines is 1. The smallest absolute Gasteiger partial charge is 0.329 e. The van der Waals surface area contributed by atoms with E-state index in [4.69, 9.17) is 0 Å². The summed E-state index contributed by atoms with van der Waals surface area (Å²) in [7, 11) is 1.53. The lowest BCUT2D eigenvalue weighted by molar-refractivity contribution is 0.450. The molecule has 3 rings (SSSR count). The van der Waals surface area contributed by atoms with E-state index in [9.17, 15) is 19.8 Å². The Labute approximate surface area is 159 Å². The summed E-state index contributed by atoms with van der Waals surface area (Å²) in [6, 6.07) is 4.14. The number of anilines is 1. The van der Waals surface area contributed by atoms with Crippen molar-refractivity contribution in [2.24, 2.45) is 12.1 Å². The van der Waals surface area contributed by atoms with Gasteiger partial charge in [0.2, 0.25) is 5.95 Å². The number of phenolic OH excluding ortho intramolecular Hbond substituents is 2. The van der Waals surface area contributed by atoms with Gasteiger partial charge in [0.1, 0.15) is 11.5 Å². The maximum absolute atomic E-state index is 12.3. The van der Waals surface area contributed by atoms with Crippen LogP contribution in [0.25, 0.3) is 11.2 Å². The first-order chi connectivity index (χ1) is 13.4. The zero-order chi connectivity index (χ0) is 20.3. The fourth-order valence-corrected chi connectivity index (χ4v) is 2.86. The monoisotopic (exact) mass is 386 g/mol. The molecule has 0 spiro atoms. The number of H-pyrrole nitrogens is 1. The van der Waals surface area contributed by atoms with E-state index >= 15 is 0 Å². The second kappa shape index (κ2) is 7.99. The van der Waals surface area contributed by atoms with Crippen molar-refractivity contribution >= 4 is 23.3 Å². The van der Waals surface area contributed by atoms with Gasteiger partial charge in [-0.25, -0.2) is 10.2 Å². The predicted molar refractivity (Wildman–Crippen MR) is 106 cm³/mol. The van der Waals surface area contributed by atoms with E-state index in [0.717, 1.165) is 19.3 Å². The van der Waals surface area contributed by atoms with Crippen LogP contribution in [-0.4, -0.2) is 35.5 Å². The number of nitrogens with one attached hydrogen (secondary N) is 2. The van der Waals surface area contributed by atoms with Gasteiger partial charge in [-0.05, 0) is 18.6 Å². The van der Waals surface area contributed by atoms with E-state index in [-0.39, 0.29) is 17.1 Å². The third kappa shape index (κ3) is 3.75. The van der Waals surface area contributed by atoms with Crippen LogP contribution in [0.15, 0.2) is 32.9 Å². The molecule has 28 heavy (non-hydrogen) atoms. The quantitative estimate of drug-likeness (QED) is 0.276. The zero-order valence-electron chi connectivity index (χ0n) is 15.6. The average Bonchev–Trinajstić information content (AvgIpc) is 3.01. The molecule has 0 aliphatic rings. The molecule has 0 amide bonds. The predicted octanol–water partition coefficient (Wildman–Crippen LogP) is 1.47. The summed E-state index contributed by atoms with van der Waals surface area (Å²) in [5.74, 6) is 0.133. The normalized spacial score (nSPS) is 11.5. The van der Waals surface area contributed by atoms with Crippen LogP contribution in [-0.2, 0) is 13.6 Å². The molecule has 0 fully saturated rings. The average molecular weight is 386 g/mol. The van der Waals surface area contributed by atoms with E-state index in [1.54, 1.807) is 4.57 Å². The van der Waals surface area contributed by atoms with Crippen molar-refractivity contribution in [2.75, 3.05) is 5.43 Å². The first kappa shape index (κ1) is 19.2. The number of phenols is 2. The van der Waals surface area contributed by atoms with E-state index < -0.39 is 11.2 Å². The molecule has 0 radical (unpaired) electrons. The maximum Gasteiger partial charge on any atom is 0.329 e. The van der Waals surface area contributed by atoms with Crippen molar-refractivity contribution in [1.82, 2.24) is 19.1 Å². The Morgan fingerprint density at radius 3 is 2.79 bits per heavy atom. The van der Waals surface area contributed by atoms with Crippen molar-refractivity contribution in [3.8, 4) is 11.5 Å². The van der Waals surface area contributed by atoms with Crippen LogP contribution in [0.5, 0.6) is 11.5 Å². The van der Waals surface area contributed by atoms with E-state index in [0.29, 0.717) is 23.6 Å². The summed E-state index contributed by atoms with van der Waals surface area (Å²) in [5.41, 5.74) is 2.67. The third-order valence-corrected chi connectivity index (χ3v) is 4.37. The van der Waals surface area contributed by atoms with Crippen LogP contribution in [0.2, 0.25) is 0 Å². The van der Waals surface area contributed by atoms with E-state index in [2.05, 4.69) is 27.4 Å². The first-order valence-corrected chi connectivity index (χ1v) is 8.93. The molecule has 0 bridgehead atoms. The highest BCUT2D eigenvalue weighted by Gasteiger charge is 2.16. The highest BCUT2D eigenvalue weighted by Crippen LogP contribution is 2.21. The van der Waals surface area contributed by atoms with Gasteiger partial charge in [0, 0.05) is 25.2 Å². The van der Waals surface area contributed by atoms with E-state index in [1.165, 1.54) is 36.0 Å². The summed E-state index contributed by atoms with van der Waals surface area (Å²) in [6.45, 7) is 2.62. The van der Waals surface area contributed by atoms with Crippen molar-refractivity contribution < 1.29 is 10.2 Å². The Balaban J connectivity index is 1.99. The van der Waals surface area contributed by atoms with Crippen molar-refractivity contribution in [2.45, 2.75) is 32.7 Å². The topological polar surface area (TPSA) is 138 Å². The molecule has 0 saturated heterocycles. The molecular formula is C18H22N6O4. The van der Waals surface area contributed by atoms with Gasteiger partial charge in [0.25, 0.3) is 5.56 Å². The molecule has 2 heterocycles. The summed E-state index contributed by atoms with van der Waals surface area (Å²) in [5, 5.41) is 23.2. The number of aromatic hydroxyl groups is 2. The molecule has 1 aromatic carbocycles. The van der Waals surface area contributed by atoms with Gasteiger partial charge in [-0.15, -0.1) is 0 Å². The summed E-state index contributed by atoms with van der Waals surface area (Å²) in [6.07, 6.45) is 4.20. The maximum atomic E-state index is 12.3. The van der Waals surface area contributed by atoms with Gasteiger partial charge in [-0.2, -0.15) is 10.1 Å². The zero-order valence-corrected chi connectivity index (χ0v) is 15.6. The fourth-order valence-electron chi connectivity index (χ4n) is 2.86. The van der Waals surface area contributed by atoms with Crippen LogP contribution in [0.1, 0.15) is 31.7 Å². The molecule has 3 aromatic rings. The summed E-state index contributed by atoms with van der Waals surface area (Å²) >= 11 is 0. The van der Waals surface area contributed by atoms with Crippen LogP contribution in [0.4, 0.5) is 5.95 Å². The molecule has 10 heteroatoms. The number of hydrogen-bond acceptors (Lipinski definition) is 7. The Bertz CT molecular complexity index is 1140. The lowest BCUT2D eigenvalue weighted by Crippen LogP contribution is -2.29. The molecule has 10 nitrogen and oxygen atoms in total. The molecule has 0 aliphatic heterocycles. The number of unbranched alkanes of at least 4 members (excludes halogenated alkanes) is 2. The SMILES string of the molecule is CCCCCn1c(N/N=C\c2ccc(O)cc2O)nc2c1c(=O)[nH]c(=O)n2C. The van der Waals surface area contributed by atoms with Crippen LogP contribution in [0, 0.1) is 0 Å². The Morgan fingerprint density at radius 1 is 1.29 bits per heavy atom. The van der Waals surface area contributed by atoms with Gasteiger partial charge < -0.3 is 14.8 Å². The minimum absolute atomic E-state index is 0.0551. The minimum atomic E-state index is -0.542. The van der Waals surface area contributed by atoms with Gasteiger partial charge in [0.05, 0.1) is 6.21 Å². The molecule has 148 valence electrons. The van der Waals surface area contributed by atoms with Gasteiger partial charge in [-0.3, -0.25) is 14.3 Å². The number of hydrogen-bond donors (Lipinski definition) is 4. The Hall–Kier alpha value is -3.56. The minimum Gasteiger partial charge on any atom is -0.508 e. The molecule has 0 saturated carbocycles. The lowest BCUT2D eigenvalue weighted by Gasteiger charge is -2.07. The number of imidazole rings is 1. The Kier molecular flexibility index (Phi) is 5.48. The first-order valence-electron chi connectivity index (χ1n) is 8.93. The number of benzene rings is 1. The van der Waals surface area contributed by atoms with Crippen LogP contribution in [0.3, 0.4) is 0 Å². The van der Waals surface area contributed by atoms with Crippen molar-refractivity contribution in [3.05, 3.63) is 44.6 Å². The highest BCUT2D eigenvalue weighted by molar-refractivity contribution is 5.84. The van der Waals surface area contributed by atoms with Crippen molar-refractivity contribution in [3.63, 3.8) is 0 Å². The largest absolute Gasteiger partial charge is 0.508 e. The number of aromatic nitrogens is 4. The molecule has 0 aliphatic carbocycles. The number of hydrazone groups is 1. The number of aryl methyl sites for hydroxylation is 2. The van der Waals surface area contributed by atoms with Crippen molar-refractivity contribution in [1.29, 1.82) is 0 Å². The second-order valence-corrected chi connectivity index (χ2v) is 6.40. The van der Waals surface area contributed by atoms with E-state index in [1.807, 2.05) is 0 Å². The number of fused-ring (bicyclic) bond motifs is 1. The molecule has 4 N–H and O–H groups in total. The molecule has 0 unspecified atom stereocenters. The number of nitrogens with zero attached hydrogens (tertiary/aromatic N) is 4. The highest BCUT2D eigenvalue weighted by atomic mass is 16.3.